The van der Waals surface area contributed by atoms with Crippen LogP contribution in [0.4, 0.5) is 5.82 Å². The topological polar surface area (TPSA) is 50.9 Å². The standard InChI is InChI=1S/C13H19N3/c1-9(2)13(14)16-12-7-10-5-3-4-6-11(10)8-15-12/h7-8H,3-6,14H2,1-2H3,(H,15,16). The molecule has 0 spiro atoms. The molecule has 3 nitrogen and oxygen atoms in total. The van der Waals surface area contributed by atoms with Crippen molar-refractivity contribution in [1.82, 2.24) is 4.98 Å². The summed E-state index contributed by atoms with van der Waals surface area (Å²) in [4.78, 5) is 4.39. The van der Waals surface area contributed by atoms with Crippen LogP contribution in [0.3, 0.4) is 0 Å². The number of nitrogens with zero attached hydrogens (tertiary/aromatic N) is 1. The van der Waals surface area contributed by atoms with Gasteiger partial charge in [-0.1, -0.05) is 0 Å². The summed E-state index contributed by atoms with van der Waals surface area (Å²) in [6.07, 6.45) is 6.89. The molecule has 0 atom stereocenters. The van der Waals surface area contributed by atoms with Gasteiger partial charge in [-0.15, -0.1) is 0 Å². The van der Waals surface area contributed by atoms with Gasteiger partial charge in [-0.05, 0) is 62.3 Å². The molecule has 3 heteroatoms. The van der Waals surface area contributed by atoms with Gasteiger partial charge in [0.15, 0.2) is 0 Å². The van der Waals surface area contributed by atoms with Gasteiger partial charge in [-0.2, -0.15) is 0 Å². The molecule has 3 N–H and O–H groups in total. The quantitative estimate of drug-likeness (QED) is 0.800. The van der Waals surface area contributed by atoms with Crippen molar-refractivity contribution in [3.63, 3.8) is 0 Å². The molecule has 0 fully saturated rings. The smallest absolute Gasteiger partial charge is 0.131 e. The molecule has 0 unspecified atom stereocenters. The van der Waals surface area contributed by atoms with Gasteiger partial charge >= 0.3 is 0 Å². The molecule has 0 radical (unpaired) electrons. The normalized spacial score (nSPS) is 14.1. The molecule has 1 heterocycles. The molecule has 0 bridgehead atoms. The van der Waals surface area contributed by atoms with Gasteiger partial charge < -0.3 is 11.1 Å². The van der Waals surface area contributed by atoms with Crippen LogP contribution in [0.5, 0.6) is 0 Å². The number of pyridine rings is 1. The molecule has 0 saturated carbocycles. The Morgan fingerprint density at radius 2 is 1.94 bits per heavy atom. The first-order valence-corrected chi connectivity index (χ1v) is 5.84. The van der Waals surface area contributed by atoms with Gasteiger partial charge in [-0.3, -0.25) is 0 Å². The molecule has 0 saturated heterocycles. The van der Waals surface area contributed by atoms with Crippen LogP contribution in [-0.2, 0) is 12.8 Å². The van der Waals surface area contributed by atoms with Crippen molar-refractivity contribution in [2.75, 3.05) is 5.32 Å². The average Bonchev–Trinajstić information content (AvgIpc) is 2.28. The second kappa shape index (κ2) is 4.56. The highest BCUT2D eigenvalue weighted by Crippen LogP contribution is 2.22. The van der Waals surface area contributed by atoms with Crippen LogP contribution in [0, 0.1) is 0 Å². The largest absolute Gasteiger partial charge is 0.385 e. The Labute approximate surface area is 96.8 Å². The number of nitrogens with two attached hydrogens (primary N) is 1. The minimum absolute atomic E-state index is 0.697. The Hall–Kier alpha value is -1.51. The van der Waals surface area contributed by atoms with E-state index in [-0.39, 0.29) is 0 Å². The number of fused-ring (bicyclic) bond motifs is 1. The first kappa shape index (κ1) is 11.0. The Morgan fingerprint density at radius 3 is 2.62 bits per heavy atom. The van der Waals surface area contributed by atoms with Crippen molar-refractivity contribution in [1.29, 1.82) is 0 Å². The van der Waals surface area contributed by atoms with Crippen molar-refractivity contribution < 1.29 is 0 Å². The second-order valence-electron chi connectivity index (χ2n) is 4.58. The zero-order chi connectivity index (χ0) is 11.5. The predicted molar refractivity (Wildman–Crippen MR) is 67.1 cm³/mol. The Balaban J connectivity index is 2.21. The monoisotopic (exact) mass is 217 g/mol. The summed E-state index contributed by atoms with van der Waals surface area (Å²) in [5.41, 5.74) is 9.75. The molecule has 0 amide bonds. The van der Waals surface area contributed by atoms with E-state index in [1.165, 1.54) is 36.8 Å². The molecule has 2 rings (SSSR count). The highest BCUT2D eigenvalue weighted by molar-refractivity contribution is 5.46. The van der Waals surface area contributed by atoms with Gasteiger partial charge in [0.2, 0.25) is 0 Å². The molecule has 86 valence electrons. The van der Waals surface area contributed by atoms with Gasteiger partial charge in [0.05, 0.1) is 0 Å². The van der Waals surface area contributed by atoms with Crippen molar-refractivity contribution in [3.8, 4) is 0 Å². The third kappa shape index (κ3) is 2.35. The molecule has 1 aliphatic carbocycles. The van der Waals surface area contributed by atoms with Crippen molar-refractivity contribution in [3.05, 3.63) is 34.8 Å². The second-order valence-corrected chi connectivity index (χ2v) is 4.58. The summed E-state index contributed by atoms with van der Waals surface area (Å²) in [7, 11) is 0. The molecule has 0 aromatic carbocycles. The van der Waals surface area contributed by atoms with E-state index in [0.717, 1.165) is 11.4 Å². The number of rotatable bonds is 2. The molecule has 1 aromatic rings. The van der Waals surface area contributed by atoms with E-state index >= 15 is 0 Å². The zero-order valence-corrected chi connectivity index (χ0v) is 10.0. The third-order valence-electron chi connectivity index (χ3n) is 3.03. The van der Waals surface area contributed by atoms with Crippen molar-refractivity contribution in [2.24, 2.45) is 5.73 Å². The first-order chi connectivity index (χ1) is 7.66. The number of aromatic nitrogens is 1. The Bertz CT molecular complexity index is 417. The number of anilines is 1. The van der Waals surface area contributed by atoms with Gasteiger partial charge in [0, 0.05) is 6.20 Å². The SMILES string of the molecule is CC(C)=C(N)Nc1cc2c(cn1)CCCC2. The van der Waals surface area contributed by atoms with Crippen LogP contribution in [-0.4, -0.2) is 4.98 Å². The molecular weight excluding hydrogens is 198 g/mol. The van der Waals surface area contributed by atoms with Crippen LogP contribution in [0.25, 0.3) is 0 Å². The maximum Gasteiger partial charge on any atom is 0.131 e. The van der Waals surface area contributed by atoms with E-state index < -0.39 is 0 Å². The summed E-state index contributed by atoms with van der Waals surface area (Å²) >= 11 is 0. The van der Waals surface area contributed by atoms with Crippen LogP contribution < -0.4 is 11.1 Å². The summed E-state index contributed by atoms with van der Waals surface area (Å²) in [6.45, 7) is 3.97. The predicted octanol–water partition coefficient (Wildman–Crippen LogP) is 2.58. The minimum Gasteiger partial charge on any atom is -0.385 e. The van der Waals surface area contributed by atoms with E-state index in [2.05, 4.69) is 16.4 Å². The van der Waals surface area contributed by atoms with E-state index in [4.69, 9.17) is 5.73 Å². The lowest BCUT2D eigenvalue weighted by atomic mass is 9.93. The average molecular weight is 217 g/mol. The van der Waals surface area contributed by atoms with Gasteiger partial charge in [0.25, 0.3) is 0 Å². The lowest BCUT2D eigenvalue weighted by molar-refractivity contribution is 0.682. The number of hydrogen-bond donors (Lipinski definition) is 2. The zero-order valence-electron chi connectivity index (χ0n) is 10.0. The highest BCUT2D eigenvalue weighted by Gasteiger charge is 2.10. The maximum absolute atomic E-state index is 5.85. The third-order valence-corrected chi connectivity index (χ3v) is 3.03. The summed E-state index contributed by atoms with van der Waals surface area (Å²) in [5, 5.41) is 3.14. The van der Waals surface area contributed by atoms with Crippen LogP contribution in [0.1, 0.15) is 37.8 Å². The lowest BCUT2D eigenvalue weighted by Crippen LogP contribution is -2.13. The van der Waals surface area contributed by atoms with E-state index in [9.17, 15) is 0 Å². The fraction of sp³-hybridized carbons (Fsp3) is 0.462. The summed E-state index contributed by atoms with van der Waals surface area (Å²) in [5.74, 6) is 1.56. The van der Waals surface area contributed by atoms with Crippen LogP contribution in [0.2, 0.25) is 0 Å². The lowest BCUT2D eigenvalue weighted by Gasteiger charge is -2.16. The molecule has 16 heavy (non-hydrogen) atoms. The van der Waals surface area contributed by atoms with Crippen molar-refractivity contribution in [2.45, 2.75) is 39.5 Å². The van der Waals surface area contributed by atoms with E-state index in [1.807, 2.05) is 20.0 Å². The van der Waals surface area contributed by atoms with Crippen LogP contribution >= 0.6 is 0 Å². The van der Waals surface area contributed by atoms with E-state index in [1.54, 1.807) is 0 Å². The Kier molecular flexibility index (Phi) is 3.13. The van der Waals surface area contributed by atoms with Gasteiger partial charge in [0.1, 0.15) is 11.6 Å². The van der Waals surface area contributed by atoms with E-state index in [0.29, 0.717) is 5.82 Å². The van der Waals surface area contributed by atoms with Gasteiger partial charge in [-0.25, -0.2) is 4.98 Å². The van der Waals surface area contributed by atoms with Crippen LogP contribution in [0.15, 0.2) is 23.7 Å². The minimum atomic E-state index is 0.697. The number of allylic oxidation sites excluding steroid dienone is 1. The molecule has 0 aliphatic heterocycles. The summed E-state index contributed by atoms with van der Waals surface area (Å²) < 4.78 is 0. The molecular formula is C13H19N3. The Morgan fingerprint density at radius 1 is 1.25 bits per heavy atom. The summed E-state index contributed by atoms with van der Waals surface area (Å²) in [6, 6.07) is 2.13. The van der Waals surface area contributed by atoms with Crippen molar-refractivity contribution >= 4 is 5.82 Å². The number of hydrogen-bond acceptors (Lipinski definition) is 3. The fourth-order valence-electron chi connectivity index (χ4n) is 1.95. The number of aryl methyl sites for hydroxylation is 2. The molecule has 1 aromatic heterocycles. The highest BCUT2D eigenvalue weighted by atomic mass is 15.1. The number of nitrogens with one attached hydrogen (secondary N) is 1. The fourth-order valence-corrected chi connectivity index (χ4v) is 1.95. The maximum atomic E-state index is 5.85. The molecule has 1 aliphatic rings. The first-order valence-electron chi connectivity index (χ1n) is 5.84.